The summed E-state index contributed by atoms with van der Waals surface area (Å²) in [4.78, 5) is 30.7. The molecule has 2 N–H and O–H groups in total. The van der Waals surface area contributed by atoms with E-state index >= 15 is 0 Å². The molecule has 1 aromatic heterocycles. The van der Waals surface area contributed by atoms with Gasteiger partial charge in [0.1, 0.15) is 5.56 Å². The van der Waals surface area contributed by atoms with E-state index in [-0.39, 0.29) is 23.0 Å². The summed E-state index contributed by atoms with van der Waals surface area (Å²) >= 11 is 0. The van der Waals surface area contributed by atoms with E-state index in [0.717, 1.165) is 36.0 Å². The molecule has 0 unspecified atom stereocenters. The number of rotatable bonds is 3. The summed E-state index contributed by atoms with van der Waals surface area (Å²) in [6.45, 7) is 1.40. The highest BCUT2D eigenvalue weighted by Gasteiger charge is 2.30. The molecule has 1 aliphatic rings. The molecule has 0 aliphatic heterocycles. The number of nitrogens with zero attached hydrogens (tertiary/aromatic N) is 2. The largest absolute Gasteiger partial charge is 0.494 e. The number of H-pyrrole nitrogens is 1. The number of aromatic nitrogens is 2. The molecular formula is C19H20F3N3O3. The maximum Gasteiger partial charge on any atom is 0.416 e. The highest BCUT2D eigenvalue weighted by Crippen LogP contribution is 2.32. The monoisotopic (exact) mass is 395 g/mol. The molecule has 1 aliphatic carbocycles. The smallest absolute Gasteiger partial charge is 0.416 e. The van der Waals surface area contributed by atoms with E-state index < -0.39 is 28.9 Å². The fourth-order valence-electron chi connectivity index (χ4n) is 3.54. The Balaban J connectivity index is 2.07. The first-order chi connectivity index (χ1) is 13.2. The number of halogens is 3. The average Bonchev–Trinajstić information content (AvgIpc) is 2.61. The summed E-state index contributed by atoms with van der Waals surface area (Å²) in [5.41, 5.74) is -2.62. The van der Waals surface area contributed by atoms with Crippen LogP contribution >= 0.6 is 0 Å². The zero-order valence-corrected chi connectivity index (χ0v) is 15.2. The molecular weight excluding hydrogens is 375 g/mol. The standard InChI is InChI=1S/C19H20F3N3O3/c1-11(23-13-7-5-6-12(10-13)19(20,21)22)15-16(26)24-18(28)25(17(15)27)14-8-3-2-4-9-14/h5-7,10,14,27H,2-4,8-9H2,1H3,(H,24,26,28). The van der Waals surface area contributed by atoms with Gasteiger partial charge in [0.05, 0.1) is 17.0 Å². The van der Waals surface area contributed by atoms with Crippen molar-refractivity contribution in [3.63, 3.8) is 0 Å². The molecule has 0 spiro atoms. The lowest BCUT2D eigenvalue weighted by Gasteiger charge is -2.25. The van der Waals surface area contributed by atoms with Crippen molar-refractivity contribution in [3.05, 3.63) is 56.2 Å². The van der Waals surface area contributed by atoms with Crippen LogP contribution in [-0.2, 0) is 6.18 Å². The van der Waals surface area contributed by atoms with Crippen LogP contribution in [0.4, 0.5) is 18.9 Å². The number of nitrogens with one attached hydrogen (secondary N) is 1. The number of hydrogen-bond donors (Lipinski definition) is 2. The second kappa shape index (κ2) is 7.65. The Labute approximate surface area is 158 Å². The van der Waals surface area contributed by atoms with Gasteiger partial charge in [-0.2, -0.15) is 13.2 Å². The van der Waals surface area contributed by atoms with Crippen molar-refractivity contribution in [2.45, 2.75) is 51.2 Å². The second-order valence-electron chi connectivity index (χ2n) is 6.87. The van der Waals surface area contributed by atoms with Gasteiger partial charge in [-0.15, -0.1) is 0 Å². The van der Waals surface area contributed by atoms with Crippen LogP contribution in [0.2, 0.25) is 0 Å². The summed E-state index contributed by atoms with van der Waals surface area (Å²) < 4.78 is 39.8. The first kappa shape index (κ1) is 19.9. The van der Waals surface area contributed by atoms with Gasteiger partial charge in [-0.1, -0.05) is 25.3 Å². The van der Waals surface area contributed by atoms with Crippen LogP contribution in [0.3, 0.4) is 0 Å². The van der Waals surface area contributed by atoms with Gasteiger partial charge >= 0.3 is 11.9 Å². The van der Waals surface area contributed by atoms with Gasteiger partial charge in [0.2, 0.25) is 5.88 Å². The van der Waals surface area contributed by atoms with Crippen molar-refractivity contribution in [3.8, 4) is 5.88 Å². The van der Waals surface area contributed by atoms with Gasteiger partial charge in [0.25, 0.3) is 5.56 Å². The van der Waals surface area contributed by atoms with Gasteiger partial charge in [0, 0.05) is 6.04 Å². The molecule has 0 saturated heterocycles. The molecule has 6 nitrogen and oxygen atoms in total. The number of alkyl halides is 3. The molecule has 9 heteroatoms. The molecule has 28 heavy (non-hydrogen) atoms. The van der Waals surface area contributed by atoms with Crippen LogP contribution in [0.15, 0.2) is 38.8 Å². The maximum absolute atomic E-state index is 12.9. The third-order valence-corrected chi connectivity index (χ3v) is 4.89. The van der Waals surface area contributed by atoms with Gasteiger partial charge in [-0.3, -0.25) is 19.3 Å². The topological polar surface area (TPSA) is 87.4 Å². The molecule has 1 heterocycles. The highest BCUT2D eigenvalue weighted by atomic mass is 19.4. The molecule has 3 rings (SSSR count). The van der Waals surface area contributed by atoms with Crippen molar-refractivity contribution in [1.29, 1.82) is 0 Å². The fraction of sp³-hybridized carbons (Fsp3) is 0.421. The van der Waals surface area contributed by atoms with E-state index in [0.29, 0.717) is 12.8 Å². The quantitative estimate of drug-likeness (QED) is 0.773. The number of hydrogen-bond acceptors (Lipinski definition) is 4. The van der Waals surface area contributed by atoms with Crippen molar-refractivity contribution in [1.82, 2.24) is 9.55 Å². The number of aliphatic imine (C=N–C) groups is 1. The lowest BCUT2D eigenvalue weighted by Crippen LogP contribution is -2.36. The maximum atomic E-state index is 12.9. The van der Waals surface area contributed by atoms with E-state index in [2.05, 4.69) is 9.98 Å². The molecule has 1 aromatic carbocycles. The minimum atomic E-state index is -4.52. The predicted molar refractivity (Wildman–Crippen MR) is 98.4 cm³/mol. The van der Waals surface area contributed by atoms with Crippen LogP contribution in [0.5, 0.6) is 5.88 Å². The van der Waals surface area contributed by atoms with Gasteiger partial charge < -0.3 is 5.11 Å². The Hall–Kier alpha value is -2.84. The summed E-state index contributed by atoms with van der Waals surface area (Å²) in [6.07, 6.45) is -0.276. The van der Waals surface area contributed by atoms with Crippen LogP contribution in [0, 0.1) is 0 Å². The van der Waals surface area contributed by atoms with Gasteiger partial charge in [0.15, 0.2) is 0 Å². The first-order valence-corrected chi connectivity index (χ1v) is 8.99. The molecule has 1 saturated carbocycles. The Bertz CT molecular complexity index is 1020. The molecule has 0 atom stereocenters. The van der Waals surface area contributed by atoms with E-state index in [1.165, 1.54) is 19.1 Å². The molecule has 150 valence electrons. The Morgan fingerprint density at radius 1 is 1.21 bits per heavy atom. The lowest BCUT2D eigenvalue weighted by atomic mass is 9.95. The average molecular weight is 395 g/mol. The summed E-state index contributed by atoms with van der Waals surface area (Å²) in [7, 11) is 0. The minimum absolute atomic E-state index is 0.0125. The normalized spacial score (nSPS) is 16.4. The fourth-order valence-corrected chi connectivity index (χ4v) is 3.54. The van der Waals surface area contributed by atoms with E-state index in [9.17, 15) is 27.9 Å². The summed E-state index contributed by atoms with van der Waals surface area (Å²) in [6, 6.07) is 4.11. The molecule has 1 fully saturated rings. The predicted octanol–water partition coefficient (Wildman–Crippen LogP) is 3.91. The zero-order chi connectivity index (χ0) is 20.5. The van der Waals surface area contributed by atoms with Crippen LogP contribution < -0.4 is 11.2 Å². The third kappa shape index (κ3) is 4.02. The summed E-state index contributed by atoms with van der Waals surface area (Å²) in [5.74, 6) is -0.506. The second-order valence-corrected chi connectivity index (χ2v) is 6.87. The van der Waals surface area contributed by atoms with E-state index in [4.69, 9.17) is 0 Å². The molecule has 0 radical (unpaired) electrons. The first-order valence-electron chi connectivity index (χ1n) is 8.99. The SMILES string of the molecule is CC(=Nc1cccc(C(F)(F)F)c1)c1c(O)n(C2CCCCC2)c(=O)[nH]c1=O. The van der Waals surface area contributed by atoms with Crippen LogP contribution in [-0.4, -0.2) is 20.4 Å². The van der Waals surface area contributed by atoms with Gasteiger partial charge in [-0.05, 0) is 38.0 Å². The third-order valence-electron chi connectivity index (χ3n) is 4.89. The van der Waals surface area contributed by atoms with Crippen molar-refractivity contribution in [2.24, 2.45) is 4.99 Å². The van der Waals surface area contributed by atoms with Crippen LogP contribution in [0.1, 0.15) is 56.2 Å². The Kier molecular flexibility index (Phi) is 5.44. The Morgan fingerprint density at radius 2 is 1.89 bits per heavy atom. The van der Waals surface area contributed by atoms with E-state index in [1.54, 1.807) is 0 Å². The number of aromatic amines is 1. The molecule has 2 aromatic rings. The van der Waals surface area contributed by atoms with Crippen molar-refractivity contribution in [2.75, 3.05) is 0 Å². The molecule has 0 bridgehead atoms. The summed E-state index contributed by atoms with van der Waals surface area (Å²) in [5, 5.41) is 10.6. The van der Waals surface area contributed by atoms with Crippen molar-refractivity contribution >= 4 is 11.4 Å². The van der Waals surface area contributed by atoms with Crippen LogP contribution in [0.25, 0.3) is 0 Å². The number of aromatic hydroxyl groups is 1. The zero-order valence-electron chi connectivity index (χ0n) is 15.2. The highest BCUT2D eigenvalue weighted by molar-refractivity contribution is 6.01. The molecule has 0 amide bonds. The lowest BCUT2D eigenvalue weighted by molar-refractivity contribution is -0.137. The number of benzene rings is 1. The van der Waals surface area contributed by atoms with Gasteiger partial charge in [-0.25, -0.2) is 4.79 Å². The van der Waals surface area contributed by atoms with Crippen molar-refractivity contribution < 1.29 is 18.3 Å². The van der Waals surface area contributed by atoms with E-state index in [1.807, 2.05) is 0 Å². The minimum Gasteiger partial charge on any atom is -0.494 e. The Morgan fingerprint density at radius 3 is 2.54 bits per heavy atom.